The number of carbonyl (C=O) groups excluding carboxylic acids is 2. The number of nitrogens with zero attached hydrogens (tertiary/aromatic N) is 2. The maximum absolute atomic E-state index is 12.5. The zero-order chi connectivity index (χ0) is 15.1. The number of carbonyl (C=O) groups is 2. The molecule has 1 aliphatic carbocycles. The van der Waals surface area contributed by atoms with E-state index in [1.165, 1.54) is 0 Å². The molecule has 1 aromatic heterocycles. The number of amides is 3. The summed E-state index contributed by atoms with van der Waals surface area (Å²) in [5, 5.41) is 2.85. The molecule has 2 unspecified atom stereocenters. The summed E-state index contributed by atoms with van der Waals surface area (Å²) in [4.78, 5) is 28.1. The highest BCUT2D eigenvalue weighted by Gasteiger charge is 2.48. The number of urea groups is 1. The van der Waals surface area contributed by atoms with Crippen LogP contribution in [0.1, 0.15) is 30.9 Å². The van der Waals surface area contributed by atoms with Gasteiger partial charge in [-0.2, -0.15) is 0 Å². The third kappa shape index (κ3) is 2.36. The van der Waals surface area contributed by atoms with Crippen LogP contribution in [0.25, 0.3) is 0 Å². The molecule has 4 rings (SSSR count). The van der Waals surface area contributed by atoms with Crippen molar-refractivity contribution in [3.63, 3.8) is 0 Å². The topological polar surface area (TPSA) is 65.8 Å². The van der Waals surface area contributed by atoms with Crippen molar-refractivity contribution in [2.75, 3.05) is 26.2 Å². The van der Waals surface area contributed by atoms with Crippen molar-refractivity contribution in [2.24, 2.45) is 5.92 Å². The minimum atomic E-state index is 0.0462. The van der Waals surface area contributed by atoms with Crippen molar-refractivity contribution in [3.05, 3.63) is 24.2 Å². The lowest BCUT2D eigenvalue weighted by atomic mass is 10.0. The SMILES string of the molecule is O=C(C1CC1c1ccco1)N1CCC(N2CCNC2=O)CC1. The molecule has 1 saturated carbocycles. The van der Waals surface area contributed by atoms with Crippen molar-refractivity contribution in [3.8, 4) is 0 Å². The van der Waals surface area contributed by atoms with Gasteiger partial charge in [0.2, 0.25) is 5.91 Å². The normalized spacial score (nSPS) is 28.8. The Bertz CT molecular complexity index is 563. The molecular weight excluding hydrogens is 282 g/mol. The Labute approximate surface area is 129 Å². The molecule has 3 aliphatic rings. The van der Waals surface area contributed by atoms with E-state index >= 15 is 0 Å². The number of rotatable bonds is 3. The lowest BCUT2D eigenvalue weighted by molar-refractivity contribution is -0.134. The minimum Gasteiger partial charge on any atom is -0.469 e. The van der Waals surface area contributed by atoms with Gasteiger partial charge < -0.3 is 19.5 Å². The van der Waals surface area contributed by atoms with Crippen LogP contribution >= 0.6 is 0 Å². The predicted octanol–water partition coefficient (Wildman–Crippen LogP) is 1.40. The Balaban J connectivity index is 1.31. The maximum Gasteiger partial charge on any atom is 0.317 e. The maximum atomic E-state index is 12.5. The van der Waals surface area contributed by atoms with Gasteiger partial charge in [0.1, 0.15) is 5.76 Å². The van der Waals surface area contributed by atoms with Gasteiger partial charge in [-0.05, 0) is 31.4 Å². The molecule has 3 amide bonds. The van der Waals surface area contributed by atoms with E-state index in [0.717, 1.165) is 51.2 Å². The Morgan fingerprint density at radius 1 is 1.27 bits per heavy atom. The second-order valence-corrected chi connectivity index (χ2v) is 6.45. The number of likely N-dealkylation sites (tertiary alicyclic amines) is 1. The zero-order valence-electron chi connectivity index (χ0n) is 12.5. The van der Waals surface area contributed by atoms with Crippen LogP contribution in [0.3, 0.4) is 0 Å². The Kier molecular flexibility index (Phi) is 3.32. The van der Waals surface area contributed by atoms with Gasteiger partial charge in [0.15, 0.2) is 0 Å². The molecule has 3 fully saturated rings. The molecule has 2 aliphatic heterocycles. The van der Waals surface area contributed by atoms with Crippen LogP contribution in [0.4, 0.5) is 4.79 Å². The summed E-state index contributed by atoms with van der Waals surface area (Å²) in [6.45, 7) is 3.05. The summed E-state index contributed by atoms with van der Waals surface area (Å²) in [5.41, 5.74) is 0. The first-order valence-electron chi connectivity index (χ1n) is 8.10. The molecule has 2 saturated heterocycles. The van der Waals surface area contributed by atoms with Crippen molar-refractivity contribution >= 4 is 11.9 Å². The standard InChI is InChI=1S/C16H21N3O3/c20-15(13-10-12(13)14-2-1-9-22-14)18-6-3-11(4-7-18)19-8-5-17-16(19)21/h1-2,9,11-13H,3-8,10H2,(H,17,21). The van der Waals surface area contributed by atoms with Gasteiger partial charge in [0.05, 0.1) is 6.26 Å². The smallest absolute Gasteiger partial charge is 0.317 e. The van der Waals surface area contributed by atoms with Gasteiger partial charge in [-0.15, -0.1) is 0 Å². The monoisotopic (exact) mass is 303 g/mol. The van der Waals surface area contributed by atoms with Crippen LogP contribution in [0, 0.1) is 5.92 Å². The van der Waals surface area contributed by atoms with Crippen LogP contribution in [-0.2, 0) is 4.79 Å². The molecule has 0 radical (unpaired) electrons. The van der Waals surface area contributed by atoms with Crippen molar-refractivity contribution in [2.45, 2.75) is 31.2 Å². The first-order valence-corrected chi connectivity index (χ1v) is 8.10. The largest absolute Gasteiger partial charge is 0.469 e. The highest BCUT2D eigenvalue weighted by molar-refractivity contribution is 5.83. The summed E-state index contributed by atoms with van der Waals surface area (Å²) in [5.74, 6) is 1.55. The summed E-state index contributed by atoms with van der Waals surface area (Å²) in [6, 6.07) is 4.16. The summed E-state index contributed by atoms with van der Waals surface area (Å²) in [6.07, 6.45) is 4.34. The van der Waals surface area contributed by atoms with E-state index in [0.29, 0.717) is 0 Å². The molecule has 6 heteroatoms. The Hall–Kier alpha value is -1.98. The van der Waals surface area contributed by atoms with E-state index in [4.69, 9.17) is 4.42 Å². The van der Waals surface area contributed by atoms with E-state index in [-0.39, 0.29) is 29.8 Å². The highest BCUT2D eigenvalue weighted by Crippen LogP contribution is 2.48. The second kappa shape index (κ2) is 5.34. The Morgan fingerprint density at radius 2 is 2.09 bits per heavy atom. The number of nitrogens with one attached hydrogen (secondary N) is 1. The summed E-state index contributed by atoms with van der Waals surface area (Å²) < 4.78 is 5.40. The van der Waals surface area contributed by atoms with Crippen LogP contribution in [0.5, 0.6) is 0 Å². The first kappa shape index (κ1) is 13.7. The fraction of sp³-hybridized carbons (Fsp3) is 0.625. The summed E-state index contributed by atoms with van der Waals surface area (Å²) in [7, 11) is 0. The molecule has 3 heterocycles. The van der Waals surface area contributed by atoms with Gasteiger partial charge in [-0.3, -0.25) is 4.79 Å². The molecule has 118 valence electrons. The Morgan fingerprint density at radius 3 is 2.73 bits per heavy atom. The van der Waals surface area contributed by atoms with Crippen LogP contribution < -0.4 is 5.32 Å². The molecular formula is C16H21N3O3. The van der Waals surface area contributed by atoms with Crippen LogP contribution in [0.15, 0.2) is 22.8 Å². The minimum absolute atomic E-state index is 0.0462. The van der Waals surface area contributed by atoms with Gasteiger partial charge in [-0.1, -0.05) is 0 Å². The molecule has 1 N–H and O–H groups in total. The van der Waals surface area contributed by atoms with Crippen molar-refractivity contribution < 1.29 is 14.0 Å². The molecule has 0 bridgehead atoms. The summed E-state index contributed by atoms with van der Waals surface area (Å²) >= 11 is 0. The van der Waals surface area contributed by atoms with Gasteiger partial charge >= 0.3 is 6.03 Å². The number of furan rings is 1. The van der Waals surface area contributed by atoms with Crippen molar-refractivity contribution in [1.29, 1.82) is 0 Å². The molecule has 1 aromatic rings. The van der Waals surface area contributed by atoms with E-state index in [1.54, 1.807) is 6.26 Å². The lowest BCUT2D eigenvalue weighted by Gasteiger charge is -2.36. The quantitative estimate of drug-likeness (QED) is 0.918. The number of hydrogen-bond acceptors (Lipinski definition) is 3. The molecule has 6 nitrogen and oxygen atoms in total. The predicted molar refractivity (Wildman–Crippen MR) is 79.3 cm³/mol. The zero-order valence-corrected chi connectivity index (χ0v) is 12.5. The van der Waals surface area contributed by atoms with E-state index < -0.39 is 0 Å². The molecule has 22 heavy (non-hydrogen) atoms. The van der Waals surface area contributed by atoms with Crippen LogP contribution in [-0.4, -0.2) is 54.0 Å². The molecule has 0 aromatic carbocycles. The third-order valence-electron chi connectivity index (χ3n) is 5.12. The first-order chi connectivity index (χ1) is 10.7. The van der Waals surface area contributed by atoms with E-state index in [2.05, 4.69) is 5.32 Å². The lowest BCUT2D eigenvalue weighted by Crippen LogP contribution is -2.48. The average Bonchev–Trinajstić information content (AvgIpc) is 2.95. The number of hydrogen-bond donors (Lipinski definition) is 1. The average molecular weight is 303 g/mol. The van der Waals surface area contributed by atoms with Gasteiger partial charge in [0.25, 0.3) is 0 Å². The van der Waals surface area contributed by atoms with Gasteiger partial charge in [0, 0.05) is 44.1 Å². The highest BCUT2D eigenvalue weighted by atomic mass is 16.3. The van der Waals surface area contributed by atoms with Crippen molar-refractivity contribution in [1.82, 2.24) is 15.1 Å². The second-order valence-electron chi connectivity index (χ2n) is 6.45. The third-order valence-corrected chi connectivity index (χ3v) is 5.12. The van der Waals surface area contributed by atoms with E-state index in [9.17, 15) is 9.59 Å². The molecule has 0 spiro atoms. The van der Waals surface area contributed by atoms with E-state index in [1.807, 2.05) is 21.9 Å². The molecule has 2 atom stereocenters. The fourth-order valence-corrected chi connectivity index (χ4v) is 3.75. The van der Waals surface area contributed by atoms with Crippen LogP contribution in [0.2, 0.25) is 0 Å². The number of piperidine rings is 1. The fourth-order valence-electron chi connectivity index (χ4n) is 3.75. The van der Waals surface area contributed by atoms with Gasteiger partial charge in [-0.25, -0.2) is 4.79 Å².